The minimum atomic E-state index is -0.355. The van der Waals surface area contributed by atoms with Crippen LogP contribution in [0.25, 0.3) is 0 Å². The molecular formula is C14H20N2O3. The van der Waals surface area contributed by atoms with Gasteiger partial charge in [0.1, 0.15) is 6.61 Å². The largest absolute Gasteiger partial charge is 0.445 e. The summed E-state index contributed by atoms with van der Waals surface area (Å²) in [6.07, 6.45) is 0.517. The number of hydrogen-bond acceptors (Lipinski definition) is 4. The quantitative estimate of drug-likeness (QED) is 0.854. The number of aliphatic hydroxyl groups is 1. The second kappa shape index (κ2) is 7.11. The molecule has 0 radical (unpaired) electrons. The van der Waals surface area contributed by atoms with Crippen LogP contribution in [0.4, 0.5) is 4.79 Å². The van der Waals surface area contributed by atoms with E-state index < -0.39 is 0 Å². The molecule has 1 aliphatic heterocycles. The molecule has 0 bridgehead atoms. The van der Waals surface area contributed by atoms with Gasteiger partial charge in [-0.05, 0) is 18.5 Å². The standard InChI is InChI=1S/C14H20N2O3/c17-10-13-9-15-7-4-8-16(13)14(18)19-11-12-5-2-1-3-6-12/h1-3,5-6,13,15,17H,4,7-11H2. The maximum absolute atomic E-state index is 12.1. The second-order valence-electron chi connectivity index (χ2n) is 4.63. The van der Waals surface area contributed by atoms with Crippen molar-refractivity contribution in [3.05, 3.63) is 35.9 Å². The third-order valence-corrected chi connectivity index (χ3v) is 3.22. The van der Waals surface area contributed by atoms with Gasteiger partial charge in [0.15, 0.2) is 0 Å². The molecule has 1 unspecified atom stereocenters. The molecule has 19 heavy (non-hydrogen) atoms. The lowest BCUT2D eigenvalue weighted by molar-refractivity contribution is 0.0684. The maximum atomic E-state index is 12.1. The van der Waals surface area contributed by atoms with Gasteiger partial charge >= 0.3 is 6.09 Å². The van der Waals surface area contributed by atoms with Crippen LogP contribution in [0.3, 0.4) is 0 Å². The van der Waals surface area contributed by atoms with E-state index in [1.807, 2.05) is 30.3 Å². The van der Waals surface area contributed by atoms with E-state index in [1.165, 1.54) is 0 Å². The van der Waals surface area contributed by atoms with E-state index in [9.17, 15) is 9.90 Å². The maximum Gasteiger partial charge on any atom is 0.410 e. The zero-order chi connectivity index (χ0) is 13.5. The number of benzene rings is 1. The van der Waals surface area contributed by atoms with Crippen LogP contribution in [0.15, 0.2) is 30.3 Å². The van der Waals surface area contributed by atoms with Gasteiger partial charge in [-0.1, -0.05) is 30.3 Å². The molecule has 0 spiro atoms. The van der Waals surface area contributed by atoms with Crippen LogP contribution >= 0.6 is 0 Å². The van der Waals surface area contributed by atoms with Crippen molar-refractivity contribution in [1.82, 2.24) is 10.2 Å². The number of rotatable bonds is 3. The number of hydrogen-bond donors (Lipinski definition) is 2. The van der Waals surface area contributed by atoms with E-state index in [4.69, 9.17) is 4.74 Å². The Morgan fingerprint density at radius 1 is 1.42 bits per heavy atom. The van der Waals surface area contributed by atoms with Crippen LogP contribution in [0.2, 0.25) is 0 Å². The third-order valence-electron chi connectivity index (χ3n) is 3.22. The summed E-state index contributed by atoms with van der Waals surface area (Å²) in [5, 5.41) is 12.5. The molecule has 0 aromatic heterocycles. The molecule has 1 saturated heterocycles. The molecule has 5 nitrogen and oxygen atoms in total. The molecule has 1 fully saturated rings. The first-order valence-corrected chi connectivity index (χ1v) is 6.60. The van der Waals surface area contributed by atoms with Gasteiger partial charge in [0.2, 0.25) is 0 Å². The van der Waals surface area contributed by atoms with Crippen molar-refractivity contribution >= 4 is 6.09 Å². The van der Waals surface area contributed by atoms with E-state index in [2.05, 4.69) is 5.32 Å². The molecule has 1 atom stereocenters. The summed E-state index contributed by atoms with van der Waals surface area (Å²) in [4.78, 5) is 13.7. The number of nitrogens with zero attached hydrogens (tertiary/aromatic N) is 1. The molecule has 0 aliphatic carbocycles. The summed E-state index contributed by atoms with van der Waals surface area (Å²) >= 11 is 0. The Morgan fingerprint density at radius 3 is 2.95 bits per heavy atom. The Bertz CT molecular complexity index is 397. The van der Waals surface area contributed by atoms with Gasteiger partial charge in [0.25, 0.3) is 0 Å². The van der Waals surface area contributed by atoms with Gasteiger partial charge in [-0.3, -0.25) is 0 Å². The van der Waals surface area contributed by atoms with Crippen molar-refractivity contribution < 1.29 is 14.6 Å². The molecular weight excluding hydrogens is 244 g/mol. The highest BCUT2D eigenvalue weighted by atomic mass is 16.6. The monoisotopic (exact) mass is 264 g/mol. The van der Waals surface area contributed by atoms with E-state index in [0.717, 1.165) is 18.5 Å². The fourth-order valence-electron chi connectivity index (χ4n) is 2.14. The smallest absolute Gasteiger partial charge is 0.410 e. The third kappa shape index (κ3) is 3.94. The molecule has 1 aliphatic rings. The normalized spacial score (nSPS) is 19.8. The molecule has 1 heterocycles. The van der Waals surface area contributed by atoms with Crippen molar-refractivity contribution in [3.63, 3.8) is 0 Å². The first-order valence-electron chi connectivity index (χ1n) is 6.60. The van der Waals surface area contributed by atoms with Crippen molar-refractivity contribution in [2.75, 3.05) is 26.2 Å². The number of nitrogens with one attached hydrogen (secondary N) is 1. The zero-order valence-electron chi connectivity index (χ0n) is 10.9. The fourth-order valence-corrected chi connectivity index (χ4v) is 2.14. The van der Waals surface area contributed by atoms with Gasteiger partial charge in [0.05, 0.1) is 12.6 Å². The molecule has 1 amide bonds. The predicted octanol–water partition coefficient (Wildman–Crippen LogP) is 0.979. The SMILES string of the molecule is O=C(OCc1ccccc1)N1CCCNCC1CO. The second-order valence-corrected chi connectivity index (χ2v) is 4.63. The van der Waals surface area contributed by atoms with Crippen molar-refractivity contribution in [2.45, 2.75) is 19.1 Å². The van der Waals surface area contributed by atoms with E-state index in [-0.39, 0.29) is 25.3 Å². The summed E-state index contributed by atoms with van der Waals surface area (Å²) in [6.45, 7) is 2.30. The molecule has 104 valence electrons. The summed E-state index contributed by atoms with van der Waals surface area (Å²) in [7, 11) is 0. The Balaban J connectivity index is 1.90. The highest BCUT2D eigenvalue weighted by Crippen LogP contribution is 2.09. The topological polar surface area (TPSA) is 61.8 Å². The predicted molar refractivity (Wildman–Crippen MR) is 71.7 cm³/mol. The molecule has 2 rings (SSSR count). The lowest BCUT2D eigenvalue weighted by atomic mass is 10.2. The van der Waals surface area contributed by atoms with Crippen LogP contribution in [0, 0.1) is 0 Å². The Kier molecular flexibility index (Phi) is 5.18. The summed E-state index contributed by atoms with van der Waals surface area (Å²) in [6, 6.07) is 9.38. The number of aliphatic hydroxyl groups excluding tert-OH is 1. The Hall–Kier alpha value is -1.59. The van der Waals surface area contributed by atoms with Gasteiger partial charge in [-0.15, -0.1) is 0 Å². The van der Waals surface area contributed by atoms with E-state index >= 15 is 0 Å². The number of carbonyl (C=O) groups is 1. The van der Waals surface area contributed by atoms with Crippen molar-refractivity contribution in [2.24, 2.45) is 0 Å². The molecule has 5 heteroatoms. The number of carbonyl (C=O) groups excluding carboxylic acids is 1. The molecule has 0 saturated carbocycles. The fraction of sp³-hybridized carbons (Fsp3) is 0.500. The molecule has 2 N–H and O–H groups in total. The highest BCUT2D eigenvalue weighted by Gasteiger charge is 2.25. The van der Waals surface area contributed by atoms with Crippen molar-refractivity contribution in [1.29, 1.82) is 0 Å². The summed E-state index contributed by atoms with van der Waals surface area (Å²) < 4.78 is 5.30. The summed E-state index contributed by atoms with van der Waals surface area (Å²) in [5.74, 6) is 0. The van der Waals surface area contributed by atoms with Gasteiger partial charge in [-0.25, -0.2) is 4.79 Å². The average molecular weight is 264 g/mol. The lowest BCUT2D eigenvalue weighted by Crippen LogP contribution is -2.46. The van der Waals surface area contributed by atoms with Gasteiger partial charge in [0, 0.05) is 13.1 Å². The molecule has 1 aromatic carbocycles. The van der Waals surface area contributed by atoms with Crippen LogP contribution in [-0.2, 0) is 11.3 Å². The van der Waals surface area contributed by atoms with Crippen LogP contribution < -0.4 is 5.32 Å². The highest BCUT2D eigenvalue weighted by molar-refractivity contribution is 5.68. The van der Waals surface area contributed by atoms with Crippen LogP contribution in [-0.4, -0.2) is 48.4 Å². The van der Waals surface area contributed by atoms with Gasteiger partial charge in [-0.2, -0.15) is 0 Å². The first-order chi connectivity index (χ1) is 9.31. The van der Waals surface area contributed by atoms with Crippen molar-refractivity contribution in [3.8, 4) is 0 Å². The number of ether oxygens (including phenoxy) is 1. The molecule has 1 aromatic rings. The first kappa shape index (κ1) is 13.8. The van der Waals surface area contributed by atoms with E-state index in [0.29, 0.717) is 13.1 Å². The van der Waals surface area contributed by atoms with Gasteiger partial charge < -0.3 is 20.1 Å². The zero-order valence-corrected chi connectivity index (χ0v) is 10.9. The summed E-state index contributed by atoms with van der Waals surface area (Å²) in [5.41, 5.74) is 0.962. The lowest BCUT2D eigenvalue weighted by Gasteiger charge is -2.27. The minimum Gasteiger partial charge on any atom is -0.445 e. The Labute approximate surface area is 113 Å². The Morgan fingerprint density at radius 2 is 2.21 bits per heavy atom. The van der Waals surface area contributed by atoms with E-state index in [1.54, 1.807) is 4.90 Å². The average Bonchev–Trinajstić information content (AvgIpc) is 2.71. The minimum absolute atomic E-state index is 0.0482. The van der Waals surface area contributed by atoms with Crippen LogP contribution in [0.5, 0.6) is 0 Å². The van der Waals surface area contributed by atoms with Crippen LogP contribution in [0.1, 0.15) is 12.0 Å². The number of amides is 1.